The van der Waals surface area contributed by atoms with Gasteiger partial charge in [-0.25, -0.2) is 0 Å². The Kier molecular flexibility index (Phi) is 5.14. The number of aromatic nitrogens is 1. The molecule has 1 amide bonds. The highest BCUT2D eigenvalue weighted by Crippen LogP contribution is 2.34. The fourth-order valence-corrected chi connectivity index (χ4v) is 3.79. The Morgan fingerprint density at radius 3 is 2.38 bits per heavy atom. The first-order chi connectivity index (χ1) is 14.0. The van der Waals surface area contributed by atoms with E-state index in [1.54, 1.807) is 13.0 Å². The normalized spacial score (nSPS) is 16.6. The number of carbonyl (C=O) groups is 1. The largest absolute Gasteiger partial charge is 0.360 e. The average molecular weight is 404 g/mol. The standard InChI is InChI=1S/C22H20N4O2S/c1-14-13-18(25-28-14)23-21(27)19-15(2)26(17-11-7-4-8-12-17)22(29)24-20(19)16-9-5-3-6-10-16/h3-13,20H,1-2H3,(H,24,29)(H,23,25,27)/t20-/m0/s1. The van der Waals surface area contributed by atoms with E-state index in [4.69, 9.17) is 16.7 Å². The molecule has 6 nitrogen and oxygen atoms in total. The van der Waals surface area contributed by atoms with E-state index in [0.717, 1.165) is 16.9 Å². The molecule has 7 heteroatoms. The van der Waals surface area contributed by atoms with Crippen LogP contribution in [0, 0.1) is 6.92 Å². The summed E-state index contributed by atoms with van der Waals surface area (Å²) in [6.45, 7) is 3.68. The van der Waals surface area contributed by atoms with Gasteiger partial charge in [0.25, 0.3) is 5.91 Å². The maximum absolute atomic E-state index is 13.3. The molecule has 4 rings (SSSR count). The zero-order chi connectivity index (χ0) is 20.4. The van der Waals surface area contributed by atoms with Crippen LogP contribution in [0.15, 0.2) is 82.5 Å². The highest BCUT2D eigenvalue weighted by atomic mass is 32.1. The lowest BCUT2D eigenvalue weighted by Gasteiger charge is -2.37. The Morgan fingerprint density at radius 2 is 1.76 bits per heavy atom. The van der Waals surface area contributed by atoms with Crippen LogP contribution in [0.2, 0.25) is 0 Å². The predicted molar refractivity (Wildman–Crippen MR) is 116 cm³/mol. The Morgan fingerprint density at radius 1 is 1.10 bits per heavy atom. The molecule has 0 radical (unpaired) electrons. The molecular weight excluding hydrogens is 384 g/mol. The molecule has 0 unspecified atom stereocenters. The van der Waals surface area contributed by atoms with Crippen LogP contribution >= 0.6 is 12.2 Å². The molecule has 0 aliphatic carbocycles. The number of benzene rings is 2. The molecule has 2 heterocycles. The van der Waals surface area contributed by atoms with E-state index >= 15 is 0 Å². The van der Waals surface area contributed by atoms with E-state index in [0.29, 0.717) is 22.3 Å². The molecule has 3 aromatic rings. The minimum absolute atomic E-state index is 0.263. The number of rotatable bonds is 4. The van der Waals surface area contributed by atoms with Gasteiger partial charge in [0.2, 0.25) is 0 Å². The number of allylic oxidation sites excluding steroid dienone is 1. The number of para-hydroxylation sites is 1. The van der Waals surface area contributed by atoms with Crippen LogP contribution < -0.4 is 15.5 Å². The molecule has 2 aromatic carbocycles. The fraction of sp³-hybridized carbons (Fsp3) is 0.136. The summed E-state index contributed by atoms with van der Waals surface area (Å²) in [6, 6.07) is 20.8. The van der Waals surface area contributed by atoms with Crippen molar-refractivity contribution in [2.45, 2.75) is 19.9 Å². The van der Waals surface area contributed by atoms with Crippen molar-refractivity contribution in [1.29, 1.82) is 0 Å². The smallest absolute Gasteiger partial charge is 0.257 e. The van der Waals surface area contributed by atoms with Crippen molar-refractivity contribution in [2.75, 3.05) is 10.2 Å². The van der Waals surface area contributed by atoms with E-state index in [-0.39, 0.29) is 11.9 Å². The number of hydrogen-bond acceptors (Lipinski definition) is 4. The van der Waals surface area contributed by atoms with Gasteiger partial charge in [-0.3, -0.25) is 9.69 Å². The first kappa shape index (κ1) is 18.9. The van der Waals surface area contributed by atoms with Crippen LogP contribution in [-0.4, -0.2) is 16.2 Å². The van der Waals surface area contributed by atoms with Gasteiger partial charge in [-0.2, -0.15) is 0 Å². The lowest BCUT2D eigenvalue weighted by atomic mass is 9.94. The van der Waals surface area contributed by atoms with Crippen LogP contribution in [0.1, 0.15) is 24.3 Å². The highest BCUT2D eigenvalue weighted by molar-refractivity contribution is 7.80. The summed E-state index contributed by atoms with van der Waals surface area (Å²) in [5, 5.41) is 10.6. The SMILES string of the molecule is CC1=C(C(=O)Nc2cc(C)on2)[C@H](c2ccccc2)NC(=S)N1c1ccccc1. The molecule has 0 fully saturated rings. The van der Waals surface area contributed by atoms with E-state index < -0.39 is 0 Å². The second-order valence-electron chi connectivity index (χ2n) is 6.74. The lowest BCUT2D eigenvalue weighted by molar-refractivity contribution is -0.113. The fourth-order valence-electron chi connectivity index (χ4n) is 3.43. The molecule has 1 atom stereocenters. The third-order valence-corrected chi connectivity index (χ3v) is 5.05. The van der Waals surface area contributed by atoms with Gasteiger partial charge in [0.15, 0.2) is 10.9 Å². The summed E-state index contributed by atoms with van der Waals surface area (Å²) < 4.78 is 5.07. The Hall–Kier alpha value is -3.45. The number of nitrogens with zero attached hydrogens (tertiary/aromatic N) is 2. The summed E-state index contributed by atoms with van der Waals surface area (Å²) in [5.41, 5.74) is 3.15. The molecule has 1 aliphatic rings. The zero-order valence-electron chi connectivity index (χ0n) is 16.0. The average Bonchev–Trinajstić information content (AvgIpc) is 3.13. The van der Waals surface area contributed by atoms with Crippen LogP contribution in [-0.2, 0) is 4.79 Å². The minimum Gasteiger partial charge on any atom is -0.360 e. The van der Waals surface area contributed by atoms with E-state index in [2.05, 4.69) is 15.8 Å². The van der Waals surface area contributed by atoms with Gasteiger partial charge < -0.3 is 15.2 Å². The molecule has 146 valence electrons. The highest BCUT2D eigenvalue weighted by Gasteiger charge is 2.34. The number of thiocarbonyl (C=S) groups is 1. The summed E-state index contributed by atoms with van der Waals surface area (Å²) in [4.78, 5) is 15.2. The quantitative estimate of drug-likeness (QED) is 0.631. The summed E-state index contributed by atoms with van der Waals surface area (Å²) in [6.07, 6.45) is 0. The summed E-state index contributed by atoms with van der Waals surface area (Å²) in [5.74, 6) is 0.735. The van der Waals surface area contributed by atoms with Crippen molar-refractivity contribution in [2.24, 2.45) is 0 Å². The van der Waals surface area contributed by atoms with Gasteiger partial charge in [0, 0.05) is 17.5 Å². The molecule has 29 heavy (non-hydrogen) atoms. The molecule has 1 aliphatic heterocycles. The van der Waals surface area contributed by atoms with Gasteiger partial charge in [-0.15, -0.1) is 0 Å². The third-order valence-electron chi connectivity index (χ3n) is 4.75. The number of carbonyl (C=O) groups excluding carboxylic acids is 1. The first-order valence-corrected chi connectivity index (χ1v) is 9.61. The predicted octanol–water partition coefficient (Wildman–Crippen LogP) is 4.33. The topological polar surface area (TPSA) is 70.4 Å². The number of nitrogens with one attached hydrogen (secondary N) is 2. The maximum atomic E-state index is 13.3. The lowest BCUT2D eigenvalue weighted by Crippen LogP contribution is -2.48. The molecule has 0 spiro atoms. The number of amides is 1. The van der Waals surface area contributed by atoms with Gasteiger partial charge in [0.05, 0.1) is 11.6 Å². The van der Waals surface area contributed by atoms with Crippen molar-refractivity contribution in [3.8, 4) is 0 Å². The van der Waals surface area contributed by atoms with Crippen LogP contribution in [0.3, 0.4) is 0 Å². The molecule has 0 saturated heterocycles. The Balaban J connectivity index is 1.79. The number of anilines is 2. The first-order valence-electron chi connectivity index (χ1n) is 9.20. The van der Waals surface area contributed by atoms with Crippen molar-refractivity contribution in [1.82, 2.24) is 10.5 Å². The number of hydrogen-bond donors (Lipinski definition) is 2. The van der Waals surface area contributed by atoms with E-state index in [1.165, 1.54) is 0 Å². The number of aryl methyl sites for hydroxylation is 1. The van der Waals surface area contributed by atoms with Crippen molar-refractivity contribution in [3.05, 3.63) is 89.3 Å². The van der Waals surface area contributed by atoms with Gasteiger partial charge in [0.1, 0.15) is 5.76 Å². The zero-order valence-corrected chi connectivity index (χ0v) is 16.9. The minimum atomic E-state index is -0.378. The van der Waals surface area contributed by atoms with Crippen LogP contribution in [0.25, 0.3) is 0 Å². The summed E-state index contributed by atoms with van der Waals surface area (Å²) in [7, 11) is 0. The molecule has 2 N–H and O–H groups in total. The Bertz CT molecular complexity index is 1080. The van der Waals surface area contributed by atoms with Gasteiger partial charge in [-0.05, 0) is 43.8 Å². The molecule has 0 saturated carbocycles. The second kappa shape index (κ2) is 7.89. The van der Waals surface area contributed by atoms with Gasteiger partial charge >= 0.3 is 0 Å². The molecule has 1 aromatic heterocycles. The van der Waals surface area contributed by atoms with E-state index in [1.807, 2.05) is 72.5 Å². The maximum Gasteiger partial charge on any atom is 0.257 e. The molecule has 0 bridgehead atoms. The van der Waals surface area contributed by atoms with Crippen LogP contribution in [0.4, 0.5) is 11.5 Å². The van der Waals surface area contributed by atoms with Crippen LogP contribution in [0.5, 0.6) is 0 Å². The molecular formula is C22H20N4O2S. The Labute approximate surface area is 174 Å². The third kappa shape index (κ3) is 3.77. The second-order valence-corrected chi connectivity index (χ2v) is 7.13. The van der Waals surface area contributed by atoms with Gasteiger partial charge in [-0.1, -0.05) is 53.7 Å². The van der Waals surface area contributed by atoms with E-state index in [9.17, 15) is 4.79 Å². The monoisotopic (exact) mass is 404 g/mol. The summed E-state index contributed by atoms with van der Waals surface area (Å²) >= 11 is 5.66. The van der Waals surface area contributed by atoms with Crippen molar-refractivity contribution < 1.29 is 9.32 Å². The van der Waals surface area contributed by atoms with Crippen molar-refractivity contribution in [3.63, 3.8) is 0 Å². The van der Waals surface area contributed by atoms with Crippen molar-refractivity contribution >= 4 is 34.7 Å².